The van der Waals surface area contributed by atoms with Crippen molar-refractivity contribution in [2.24, 2.45) is 11.8 Å². The summed E-state index contributed by atoms with van der Waals surface area (Å²) in [4.78, 5) is 54.6. The maximum Gasteiger partial charge on any atom is 0.270 e. The van der Waals surface area contributed by atoms with Gasteiger partial charge in [0.2, 0.25) is 11.8 Å². The summed E-state index contributed by atoms with van der Waals surface area (Å²) in [6.07, 6.45) is 4.30. The van der Waals surface area contributed by atoms with E-state index in [1.165, 1.54) is 29.2 Å². The number of carbonyl (C=O) groups is 3. The summed E-state index contributed by atoms with van der Waals surface area (Å²) in [5.41, 5.74) is 1.58. The predicted molar refractivity (Wildman–Crippen MR) is 123 cm³/mol. The second kappa shape index (κ2) is 8.49. The number of carbonyl (C=O) groups excluding carboxylic acids is 3. The monoisotopic (exact) mass is 461 g/mol. The molecule has 0 spiro atoms. The Bertz CT molecular complexity index is 1220. The van der Waals surface area contributed by atoms with E-state index in [9.17, 15) is 24.5 Å². The zero-order valence-electron chi connectivity index (χ0n) is 18.5. The number of rotatable bonds is 7. The molecule has 5 rings (SSSR count). The standard InChI is InChI=1S/C25H23N3O6/c1-34-13-5-12-26-24(30)20-19-11-10-15-6-2-3-9-18(15)27(19)22(21(20)25(26)31)23(29)16-7-4-8-17(14-16)28(32)33/h2-4,6-11,14,19-22H,5,12-13H2,1H3/t19-,20-,21-,22-/m0/s1. The number of non-ortho nitro benzene ring substituents is 1. The van der Waals surface area contributed by atoms with Gasteiger partial charge in [-0.3, -0.25) is 29.4 Å². The number of imide groups is 1. The number of anilines is 1. The van der Waals surface area contributed by atoms with E-state index in [4.69, 9.17) is 4.74 Å². The number of amides is 2. The Morgan fingerprint density at radius 3 is 2.62 bits per heavy atom. The van der Waals surface area contributed by atoms with E-state index in [0.717, 1.165) is 11.3 Å². The van der Waals surface area contributed by atoms with Crippen LogP contribution in [0.3, 0.4) is 0 Å². The van der Waals surface area contributed by atoms with Crippen LogP contribution in [-0.4, -0.2) is 59.8 Å². The van der Waals surface area contributed by atoms with Crippen LogP contribution in [-0.2, 0) is 14.3 Å². The first-order valence-corrected chi connectivity index (χ1v) is 11.1. The van der Waals surface area contributed by atoms with Gasteiger partial charge in [-0.2, -0.15) is 0 Å². The van der Waals surface area contributed by atoms with Gasteiger partial charge >= 0.3 is 0 Å². The van der Waals surface area contributed by atoms with Gasteiger partial charge in [-0.15, -0.1) is 0 Å². The van der Waals surface area contributed by atoms with Crippen molar-refractivity contribution in [3.63, 3.8) is 0 Å². The Kier molecular flexibility index (Phi) is 5.49. The van der Waals surface area contributed by atoms with Gasteiger partial charge in [0.15, 0.2) is 5.78 Å². The number of para-hydroxylation sites is 1. The van der Waals surface area contributed by atoms with Gasteiger partial charge in [-0.05, 0) is 18.1 Å². The molecule has 2 aromatic rings. The summed E-state index contributed by atoms with van der Waals surface area (Å²) in [5, 5.41) is 11.3. The average Bonchev–Trinajstić information content (AvgIpc) is 3.32. The fraction of sp³-hybridized carbons (Fsp3) is 0.320. The Morgan fingerprint density at radius 1 is 1.09 bits per heavy atom. The molecule has 9 heteroatoms. The number of methoxy groups -OCH3 is 1. The van der Waals surface area contributed by atoms with E-state index >= 15 is 0 Å². The smallest absolute Gasteiger partial charge is 0.270 e. The highest BCUT2D eigenvalue weighted by Gasteiger charge is 2.63. The third-order valence-corrected chi connectivity index (χ3v) is 6.85. The normalized spacial score (nSPS) is 24.7. The van der Waals surface area contributed by atoms with Crippen LogP contribution in [0.2, 0.25) is 0 Å². The fourth-order valence-electron chi connectivity index (χ4n) is 5.41. The third-order valence-electron chi connectivity index (χ3n) is 6.85. The second-order valence-corrected chi connectivity index (χ2v) is 8.66. The molecule has 34 heavy (non-hydrogen) atoms. The zero-order chi connectivity index (χ0) is 24.0. The summed E-state index contributed by atoms with van der Waals surface area (Å²) in [5.74, 6) is -2.66. The van der Waals surface area contributed by atoms with Crippen LogP contribution in [0.1, 0.15) is 22.3 Å². The number of Topliss-reactive ketones (excluding diaryl/α,β-unsaturated/α-hetero) is 1. The number of hydrogen-bond acceptors (Lipinski definition) is 7. The van der Waals surface area contributed by atoms with E-state index in [-0.39, 0.29) is 29.6 Å². The molecule has 0 N–H and O–H groups in total. The first-order chi connectivity index (χ1) is 16.4. The lowest BCUT2D eigenvalue weighted by Crippen LogP contribution is -2.48. The van der Waals surface area contributed by atoms with Crippen LogP contribution in [0, 0.1) is 22.0 Å². The topological polar surface area (TPSA) is 110 Å². The van der Waals surface area contributed by atoms with Crippen molar-refractivity contribution in [1.82, 2.24) is 4.90 Å². The number of hydrogen-bond donors (Lipinski definition) is 0. The number of fused-ring (bicyclic) bond motifs is 5. The molecule has 0 saturated carbocycles. The van der Waals surface area contributed by atoms with Crippen molar-refractivity contribution in [3.8, 4) is 0 Å². The third kappa shape index (κ3) is 3.31. The number of nitro benzene ring substituents is 1. The molecular weight excluding hydrogens is 438 g/mol. The molecule has 2 saturated heterocycles. The van der Waals surface area contributed by atoms with Gasteiger partial charge in [-0.1, -0.05) is 42.5 Å². The van der Waals surface area contributed by atoms with Crippen molar-refractivity contribution < 1.29 is 24.0 Å². The summed E-state index contributed by atoms with van der Waals surface area (Å²) >= 11 is 0. The SMILES string of the molecule is COCCCN1C(=O)[C@@H]2[C@H](C1=O)[C@@H](C(=O)c1cccc([N+](=O)[O-])c1)N1c3ccccc3C=C[C@@H]21. The molecule has 2 fully saturated rings. The maximum absolute atomic E-state index is 13.9. The van der Waals surface area contributed by atoms with Crippen LogP contribution in [0.4, 0.5) is 11.4 Å². The van der Waals surface area contributed by atoms with Gasteiger partial charge in [-0.25, -0.2) is 0 Å². The Balaban J connectivity index is 1.59. The minimum atomic E-state index is -0.952. The first kappa shape index (κ1) is 22.0. The second-order valence-electron chi connectivity index (χ2n) is 8.66. The fourth-order valence-corrected chi connectivity index (χ4v) is 5.41. The van der Waals surface area contributed by atoms with Crippen LogP contribution in [0.15, 0.2) is 54.6 Å². The van der Waals surface area contributed by atoms with E-state index < -0.39 is 34.6 Å². The quantitative estimate of drug-likeness (QED) is 0.205. The minimum absolute atomic E-state index is 0.142. The summed E-state index contributed by atoms with van der Waals surface area (Å²) < 4.78 is 5.06. The Hall–Kier alpha value is -3.85. The van der Waals surface area contributed by atoms with Gasteiger partial charge in [0, 0.05) is 43.6 Å². The molecule has 4 atom stereocenters. The molecule has 0 bridgehead atoms. The molecule has 3 aliphatic heterocycles. The highest BCUT2D eigenvalue weighted by molar-refractivity contribution is 6.14. The summed E-state index contributed by atoms with van der Waals surface area (Å²) in [6, 6.07) is 11.6. The summed E-state index contributed by atoms with van der Waals surface area (Å²) in [7, 11) is 1.55. The van der Waals surface area contributed by atoms with Crippen LogP contribution < -0.4 is 4.90 Å². The van der Waals surface area contributed by atoms with Crippen molar-refractivity contribution in [3.05, 3.63) is 75.8 Å². The molecule has 9 nitrogen and oxygen atoms in total. The summed E-state index contributed by atoms with van der Waals surface area (Å²) in [6.45, 7) is 0.633. The van der Waals surface area contributed by atoms with Crippen molar-refractivity contribution in [2.75, 3.05) is 25.2 Å². The van der Waals surface area contributed by atoms with Crippen molar-refractivity contribution in [2.45, 2.75) is 18.5 Å². The molecule has 2 aromatic carbocycles. The number of ether oxygens (including phenoxy) is 1. The Labute approximate surface area is 195 Å². The van der Waals surface area contributed by atoms with E-state index in [0.29, 0.717) is 13.0 Å². The highest BCUT2D eigenvalue weighted by atomic mass is 16.6. The van der Waals surface area contributed by atoms with Crippen molar-refractivity contribution >= 4 is 35.0 Å². The zero-order valence-corrected chi connectivity index (χ0v) is 18.5. The molecule has 0 unspecified atom stereocenters. The van der Waals surface area contributed by atoms with Crippen LogP contribution >= 0.6 is 0 Å². The predicted octanol–water partition coefficient (Wildman–Crippen LogP) is 2.70. The van der Waals surface area contributed by atoms with Crippen LogP contribution in [0.5, 0.6) is 0 Å². The molecule has 0 aromatic heterocycles. The van der Waals surface area contributed by atoms with E-state index in [2.05, 4.69) is 0 Å². The minimum Gasteiger partial charge on any atom is -0.385 e. The van der Waals surface area contributed by atoms with E-state index in [1.54, 1.807) is 7.11 Å². The molecule has 2 amide bonds. The van der Waals surface area contributed by atoms with Gasteiger partial charge in [0.25, 0.3) is 5.69 Å². The number of nitro groups is 1. The van der Waals surface area contributed by atoms with E-state index in [1.807, 2.05) is 41.3 Å². The number of nitrogens with zero attached hydrogens (tertiary/aromatic N) is 3. The molecular formula is C25H23N3O6. The van der Waals surface area contributed by atoms with Crippen molar-refractivity contribution in [1.29, 1.82) is 0 Å². The van der Waals surface area contributed by atoms with Gasteiger partial charge < -0.3 is 9.64 Å². The number of likely N-dealkylation sites (tertiary alicyclic amines) is 1. The molecule has 0 aliphatic carbocycles. The average molecular weight is 461 g/mol. The van der Waals surface area contributed by atoms with Gasteiger partial charge in [0.05, 0.1) is 22.8 Å². The largest absolute Gasteiger partial charge is 0.385 e. The maximum atomic E-state index is 13.9. The molecule has 3 aliphatic rings. The number of ketones is 1. The first-order valence-electron chi connectivity index (χ1n) is 11.1. The van der Waals surface area contributed by atoms with Crippen LogP contribution in [0.25, 0.3) is 6.08 Å². The molecule has 0 radical (unpaired) electrons. The number of benzene rings is 2. The molecule has 174 valence electrons. The molecule has 3 heterocycles. The lowest BCUT2D eigenvalue weighted by atomic mass is 9.86. The lowest BCUT2D eigenvalue weighted by molar-refractivity contribution is -0.384. The lowest BCUT2D eigenvalue weighted by Gasteiger charge is -2.36. The Morgan fingerprint density at radius 2 is 1.85 bits per heavy atom. The highest BCUT2D eigenvalue weighted by Crippen LogP contribution is 2.49. The van der Waals surface area contributed by atoms with Gasteiger partial charge in [0.1, 0.15) is 6.04 Å².